The van der Waals surface area contributed by atoms with E-state index in [0.29, 0.717) is 32.1 Å². The molecule has 31 nitrogen and oxygen atoms in total. The van der Waals surface area contributed by atoms with E-state index in [1.165, 1.54) is 6.92 Å². The zero-order valence-electron chi connectivity index (χ0n) is 56.9. The first-order valence-electron chi connectivity index (χ1n) is 33.4. The maximum Gasteiger partial charge on any atom is 0.329 e. The lowest BCUT2D eigenvalue weighted by atomic mass is 9.83. The third-order valence-corrected chi connectivity index (χ3v) is 18.0. The first-order valence-corrected chi connectivity index (χ1v) is 33.4. The van der Waals surface area contributed by atoms with Crippen molar-refractivity contribution in [3.05, 3.63) is 35.9 Å². The van der Waals surface area contributed by atoms with Crippen molar-refractivity contribution in [1.29, 1.82) is 10.8 Å². The van der Waals surface area contributed by atoms with Crippen molar-refractivity contribution in [3.63, 3.8) is 0 Å². The number of guanidine groups is 2. The average Bonchev–Trinajstić information content (AvgIpc) is 1.83. The van der Waals surface area contributed by atoms with Gasteiger partial charge < -0.3 is 95.5 Å². The molecule has 1 saturated heterocycles. The Balaban J connectivity index is 1.93. The van der Waals surface area contributed by atoms with Gasteiger partial charge in [-0.1, -0.05) is 131 Å². The summed E-state index contributed by atoms with van der Waals surface area (Å²) in [6.45, 7) is 13.3. The highest BCUT2D eigenvalue weighted by molar-refractivity contribution is 5.99. The van der Waals surface area contributed by atoms with Crippen LogP contribution in [0.1, 0.15) is 151 Å². The minimum absolute atomic E-state index is 0.0537. The second kappa shape index (κ2) is 41.6. The molecule has 0 bridgehead atoms. The number of benzene rings is 1. The lowest BCUT2D eigenvalue weighted by Crippen LogP contribution is -2.63. The van der Waals surface area contributed by atoms with E-state index in [-0.39, 0.29) is 69.5 Å². The lowest BCUT2D eigenvalue weighted by Gasteiger charge is -2.33. The molecular weight excluding hydrogens is 1230 g/mol. The molecule has 1 aliphatic heterocycles. The van der Waals surface area contributed by atoms with Crippen molar-refractivity contribution < 1.29 is 67.7 Å². The molecule has 31 heteroatoms. The van der Waals surface area contributed by atoms with Crippen LogP contribution in [-0.2, 0) is 63.9 Å². The highest BCUT2D eigenvalue weighted by Gasteiger charge is 2.43. The van der Waals surface area contributed by atoms with Crippen LogP contribution in [-0.4, -0.2) is 193 Å². The van der Waals surface area contributed by atoms with Crippen molar-refractivity contribution in [1.82, 2.24) is 69.1 Å². The topological polar surface area (TPSA) is 494 Å². The zero-order valence-corrected chi connectivity index (χ0v) is 56.9. The highest BCUT2D eigenvalue weighted by Crippen LogP contribution is 2.28. The largest absolute Gasteiger partial charge is 0.458 e. The molecule has 16 atom stereocenters. The average molecular weight is 1340 g/mol. The number of amides is 10. The molecule has 0 radical (unpaired) electrons. The summed E-state index contributed by atoms with van der Waals surface area (Å²) in [4.78, 5) is 157. The van der Waals surface area contributed by atoms with Gasteiger partial charge in [-0.25, -0.2) is 4.79 Å². The van der Waals surface area contributed by atoms with Gasteiger partial charge in [-0.05, 0) is 94.1 Å². The van der Waals surface area contributed by atoms with Crippen LogP contribution in [0.15, 0.2) is 30.3 Å². The van der Waals surface area contributed by atoms with Crippen LogP contribution in [0, 0.1) is 40.4 Å². The number of nitrogens with two attached hydrogens (primary N) is 2. The molecule has 21 N–H and O–H groups in total. The summed E-state index contributed by atoms with van der Waals surface area (Å²) in [7, 11) is 1.61. The molecule has 1 aliphatic carbocycles. The van der Waals surface area contributed by atoms with E-state index in [0.717, 1.165) is 24.8 Å². The maximum absolute atomic E-state index is 14.6. The minimum Gasteiger partial charge on any atom is -0.458 e. The van der Waals surface area contributed by atoms with E-state index in [2.05, 4.69) is 69.1 Å². The first-order chi connectivity index (χ1) is 45.1. The number of esters is 1. The number of hydrogen-bond donors (Lipinski definition) is 19. The van der Waals surface area contributed by atoms with Crippen LogP contribution < -0.4 is 80.6 Å². The van der Waals surface area contributed by atoms with Gasteiger partial charge in [0.25, 0.3) is 0 Å². The predicted molar refractivity (Wildman–Crippen MR) is 355 cm³/mol. The molecule has 1 heterocycles. The summed E-state index contributed by atoms with van der Waals surface area (Å²) in [6, 6.07) is -5.92. The predicted octanol–water partition coefficient (Wildman–Crippen LogP) is -2.11. The molecule has 0 aromatic heterocycles. The van der Waals surface area contributed by atoms with E-state index in [1.54, 1.807) is 55.5 Å². The number of nitrogens with one attached hydrogen (secondary N) is 15. The Kier molecular flexibility index (Phi) is 35.5. The fourth-order valence-electron chi connectivity index (χ4n) is 11.1. The number of carbonyl (C=O) groups is 11. The standard InChI is InChI=1S/C64H109N17O14/c1-11-34(5)46(77-54(86)43(69-10)31-39-23-17-15-18-24-39)57(89)74-44(32-82)55(87)72-41(27-21-29-70-63(65)66)52(84)76-48(36(7)13-3)59(91)78-47(35(6)12-2)58(90)75-45(33-83)56(88)80-50-38(9)95-62(94)49(37(8)14-4)79-61(93)51(40-25-19-16-20-26-40)81-53(85)42(73-60(50)92)28-22-30-71-64(67)68/h15,17-18,23-24,34-38,40-51,69,82-83H,11-14,16,19-22,25-33H2,1-10H3,(H,72,87)(H,73,92)(H,74,89)(H,75,90)(H,76,84)(H,77,86)(H,78,91)(H,79,93)(H,80,88)(H,81,85)(H4,65,66,70)(H4,67,68,71)/t34-,35-,36+,37-,38-,41+,42-,43+,44-,45-,46-,47-,48+,49-,50+,51-/m0/s1. The van der Waals surface area contributed by atoms with Crippen molar-refractivity contribution in [2.24, 2.45) is 41.1 Å². The summed E-state index contributed by atoms with van der Waals surface area (Å²) >= 11 is 0. The van der Waals surface area contributed by atoms with E-state index >= 15 is 0 Å². The van der Waals surface area contributed by atoms with Gasteiger partial charge in [0, 0.05) is 13.1 Å². The summed E-state index contributed by atoms with van der Waals surface area (Å²) < 4.78 is 5.86. The van der Waals surface area contributed by atoms with Gasteiger partial charge in [0.2, 0.25) is 59.1 Å². The van der Waals surface area contributed by atoms with Crippen molar-refractivity contribution in [3.8, 4) is 0 Å². The van der Waals surface area contributed by atoms with Crippen LogP contribution in [0.3, 0.4) is 0 Å². The molecule has 95 heavy (non-hydrogen) atoms. The van der Waals surface area contributed by atoms with Crippen LogP contribution in [0.5, 0.6) is 0 Å². The number of likely N-dealkylation sites (N-methyl/N-ethyl adjacent to an activating group) is 1. The SMILES string of the molecule is CC[C@@H](C)[C@@H](NC(=O)[C@@H](CCCNC(=N)N)NC(=O)[C@H](CO)NC(=O)[C@@H](NC(=O)[C@@H](Cc1ccccc1)NC)[C@@H](C)CC)C(=O)N[C@H](C(=O)N[C@@H](CO)C(=O)N[C@H]1C(=O)N[C@@H](CCCNC(=N)N)C(=O)N[C@@H](C2CCCCC2)C(=O)N[C@@H]([C@@H](C)CC)C(=O)O[C@H]1C)[C@@H](C)CC. The maximum atomic E-state index is 14.6. The third kappa shape index (κ3) is 26.2. The number of aliphatic hydroxyl groups excluding tert-OH is 2. The van der Waals surface area contributed by atoms with Gasteiger partial charge in [-0.3, -0.25) is 58.8 Å². The second-order valence-electron chi connectivity index (χ2n) is 25.1. The van der Waals surface area contributed by atoms with E-state index in [1.807, 2.05) is 37.3 Å². The Bertz CT molecular complexity index is 2720. The van der Waals surface area contributed by atoms with E-state index < -0.39 is 174 Å². The monoisotopic (exact) mass is 1340 g/mol. The molecule has 0 spiro atoms. The smallest absolute Gasteiger partial charge is 0.329 e. The Hall–Kier alpha value is -8.19. The molecule has 2 aliphatic rings. The molecule has 10 amide bonds. The van der Waals surface area contributed by atoms with Crippen molar-refractivity contribution in [2.75, 3.05) is 33.4 Å². The van der Waals surface area contributed by atoms with Gasteiger partial charge in [-0.15, -0.1) is 0 Å². The molecule has 1 aromatic carbocycles. The fraction of sp³-hybridized carbons (Fsp3) is 0.703. The first kappa shape index (κ1) is 81.0. The normalized spacial score (nSPS) is 21.5. The lowest BCUT2D eigenvalue weighted by molar-refractivity contribution is -0.157. The van der Waals surface area contributed by atoms with Gasteiger partial charge in [-0.2, -0.15) is 0 Å². The summed E-state index contributed by atoms with van der Waals surface area (Å²) in [6.07, 6.45) is 4.04. The number of carbonyl (C=O) groups excluding carboxylic acids is 11. The Morgan fingerprint density at radius 2 is 1.06 bits per heavy atom. The van der Waals surface area contributed by atoms with Gasteiger partial charge in [0.1, 0.15) is 66.5 Å². The highest BCUT2D eigenvalue weighted by atomic mass is 16.5. The molecule has 1 saturated carbocycles. The number of ether oxygens (including phenoxy) is 1. The number of rotatable bonds is 36. The summed E-state index contributed by atoms with van der Waals surface area (Å²) in [5.74, 6) is -12.8. The van der Waals surface area contributed by atoms with Crippen molar-refractivity contribution in [2.45, 2.75) is 225 Å². The van der Waals surface area contributed by atoms with Crippen LogP contribution in [0.2, 0.25) is 0 Å². The van der Waals surface area contributed by atoms with E-state index in [4.69, 9.17) is 27.0 Å². The molecule has 534 valence electrons. The number of hydrogen-bond acceptors (Lipinski definition) is 17. The zero-order chi connectivity index (χ0) is 71.1. The summed E-state index contributed by atoms with van der Waals surface area (Å²) in [5.41, 5.74) is 11.9. The van der Waals surface area contributed by atoms with Crippen molar-refractivity contribution >= 4 is 77.0 Å². The molecule has 0 unspecified atom stereocenters. The van der Waals surface area contributed by atoms with E-state index in [9.17, 15) is 63.0 Å². The van der Waals surface area contributed by atoms with Gasteiger partial charge in [0.05, 0.1) is 19.3 Å². The molecule has 2 fully saturated rings. The number of cyclic esters (lactones) is 1. The minimum atomic E-state index is -1.83. The molecule has 3 rings (SSSR count). The van der Waals surface area contributed by atoms with Crippen LogP contribution in [0.4, 0.5) is 0 Å². The fourth-order valence-corrected chi connectivity index (χ4v) is 11.1. The Morgan fingerprint density at radius 3 is 1.56 bits per heavy atom. The second-order valence-corrected chi connectivity index (χ2v) is 25.1. The summed E-state index contributed by atoms with van der Waals surface area (Å²) in [5, 5.41) is 71.2. The molecule has 1 aromatic rings. The van der Waals surface area contributed by atoms with Gasteiger partial charge >= 0.3 is 5.97 Å². The molecular formula is C64H109N17O14. The number of aliphatic hydroxyl groups is 2. The quantitative estimate of drug-likeness (QED) is 0.0148. The Morgan fingerprint density at radius 1 is 0.589 bits per heavy atom. The Labute approximate surface area is 557 Å². The third-order valence-electron chi connectivity index (χ3n) is 18.0. The van der Waals surface area contributed by atoms with Gasteiger partial charge in [0.15, 0.2) is 11.9 Å². The van der Waals surface area contributed by atoms with Crippen LogP contribution in [0.25, 0.3) is 0 Å². The van der Waals surface area contributed by atoms with Crippen LogP contribution >= 0.6 is 0 Å².